The third-order valence-electron chi connectivity index (χ3n) is 8.47. The van der Waals surface area contributed by atoms with Gasteiger partial charge in [-0.3, -0.25) is 9.80 Å². The molecule has 2 saturated heterocycles. The van der Waals surface area contributed by atoms with Crippen LogP contribution in [0.2, 0.25) is 0 Å². The van der Waals surface area contributed by atoms with Crippen molar-refractivity contribution in [2.75, 3.05) is 31.5 Å². The van der Waals surface area contributed by atoms with Crippen LogP contribution in [-0.2, 0) is 0 Å². The van der Waals surface area contributed by atoms with Crippen LogP contribution in [0, 0.1) is 24.5 Å². The number of halogens is 2. The molecule has 10 heteroatoms. The van der Waals surface area contributed by atoms with Crippen LogP contribution < -0.4 is 5.32 Å². The molecule has 2 fully saturated rings. The Morgan fingerprint density at radius 3 is 2.55 bits per heavy atom. The normalized spacial score (nSPS) is 20.5. The molecule has 210 valence electrons. The van der Waals surface area contributed by atoms with Crippen molar-refractivity contribution < 1.29 is 8.78 Å². The first kappa shape index (κ1) is 26.7. The van der Waals surface area contributed by atoms with Crippen molar-refractivity contribution in [3.05, 3.63) is 59.7 Å². The quantitative estimate of drug-likeness (QED) is 0.310. The summed E-state index contributed by atoms with van der Waals surface area (Å²) in [5.74, 6) is 1.03. The minimum atomic E-state index is -0.633. The Morgan fingerprint density at radius 2 is 1.82 bits per heavy atom. The molecule has 4 aromatic rings. The largest absolute Gasteiger partial charge is 0.326 e. The Hall–Kier alpha value is -3.50. The van der Waals surface area contributed by atoms with Crippen LogP contribution in [0.25, 0.3) is 22.3 Å². The van der Waals surface area contributed by atoms with Gasteiger partial charge in [-0.1, -0.05) is 13.0 Å². The van der Waals surface area contributed by atoms with Gasteiger partial charge in [-0.25, -0.2) is 28.7 Å². The first-order valence-electron chi connectivity index (χ1n) is 14.1. The summed E-state index contributed by atoms with van der Waals surface area (Å²) < 4.78 is 31.8. The van der Waals surface area contributed by atoms with Crippen LogP contribution in [0.1, 0.15) is 57.6 Å². The van der Waals surface area contributed by atoms with Crippen LogP contribution in [0.3, 0.4) is 0 Å². The summed E-state index contributed by atoms with van der Waals surface area (Å²) in [6, 6.07) is 7.95. The lowest BCUT2D eigenvalue weighted by atomic mass is 9.97. The number of benzene rings is 1. The molecule has 6 rings (SSSR count). The number of nitrogens with zero attached hydrogens (tertiary/aromatic N) is 7. The summed E-state index contributed by atoms with van der Waals surface area (Å²) in [6.45, 7) is 14.8. The molecule has 2 aliphatic heterocycles. The van der Waals surface area contributed by atoms with E-state index in [9.17, 15) is 4.39 Å². The standard InChI is InChI=1S/C30H36F2N8/c1-6-38-14-20-9-23(38)16-39(15-20)18(4)21-7-8-27(33-12-21)36-30-34-13-25(32)28(37-30)22-10-24(31)29-26(11-22)40(17(2)3)19(5)35-29/h7-8,10-13,17-18,20,23H,6,9,14-16H2,1-5H3,(H,33,34,36,37)/t18-,20?,23?/m0/s1. The maximum Gasteiger partial charge on any atom is 0.229 e. The molecule has 2 bridgehead atoms. The van der Waals surface area contributed by atoms with E-state index in [4.69, 9.17) is 0 Å². The highest BCUT2D eigenvalue weighted by molar-refractivity contribution is 5.83. The average molecular weight is 547 g/mol. The number of aromatic nitrogens is 5. The highest BCUT2D eigenvalue weighted by Crippen LogP contribution is 2.34. The van der Waals surface area contributed by atoms with E-state index in [-0.39, 0.29) is 29.2 Å². The molecule has 2 unspecified atom stereocenters. The summed E-state index contributed by atoms with van der Waals surface area (Å²) >= 11 is 0. The van der Waals surface area contributed by atoms with E-state index in [2.05, 4.69) is 55.0 Å². The Morgan fingerprint density at radius 1 is 1.00 bits per heavy atom. The first-order chi connectivity index (χ1) is 19.2. The molecule has 40 heavy (non-hydrogen) atoms. The van der Waals surface area contributed by atoms with Gasteiger partial charge in [0.1, 0.15) is 22.9 Å². The molecule has 0 saturated carbocycles. The van der Waals surface area contributed by atoms with Crippen molar-refractivity contribution in [1.29, 1.82) is 0 Å². The van der Waals surface area contributed by atoms with E-state index in [1.165, 1.54) is 19.0 Å². The number of pyridine rings is 1. The summed E-state index contributed by atoms with van der Waals surface area (Å²) in [4.78, 5) is 22.6. The maximum atomic E-state index is 15.0. The van der Waals surface area contributed by atoms with Crippen LogP contribution in [-0.4, -0.2) is 66.5 Å². The summed E-state index contributed by atoms with van der Waals surface area (Å²) in [5, 5.41) is 3.08. The van der Waals surface area contributed by atoms with E-state index in [1.807, 2.05) is 37.6 Å². The van der Waals surface area contributed by atoms with Gasteiger partial charge < -0.3 is 9.88 Å². The first-order valence-corrected chi connectivity index (χ1v) is 14.1. The number of rotatable bonds is 7. The van der Waals surface area contributed by atoms with Gasteiger partial charge in [0.25, 0.3) is 0 Å². The molecule has 0 spiro atoms. The Balaban J connectivity index is 1.21. The smallest absolute Gasteiger partial charge is 0.229 e. The minimum absolute atomic E-state index is 0.0125. The zero-order valence-corrected chi connectivity index (χ0v) is 23.7. The molecule has 8 nitrogen and oxygen atoms in total. The fourth-order valence-corrected chi connectivity index (χ4v) is 6.53. The van der Waals surface area contributed by atoms with Crippen LogP contribution >= 0.6 is 0 Å². The van der Waals surface area contributed by atoms with Gasteiger partial charge in [0.15, 0.2) is 11.6 Å². The zero-order chi connectivity index (χ0) is 28.1. The average Bonchev–Trinajstić information content (AvgIpc) is 3.43. The van der Waals surface area contributed by atoms with Gasteiger partial charge in [0, 0.05) is 49.5 Å². The van der Waals surface area contributed by atoms with Crippen molar-refractivity contribution in [1.82, 2.24) is 34.3 Å². The SMILES string of the molecule is CCN1CC2CC1CN([C@@H](C)c1ccc(Nc3ncc(F)c(-c4cc(F)c5nc(C)n(C(C)C)c5c4)n3)nc1)C2. The molecule has 5 heterocycles. The van der Waals surface area contributed by atoms with E-state index in [0.717, 1.165) is 37.3 Å². The molecule has 3 atom stereocenters. The van der Waals surface area contributed by atoms with Crippen molar-refractivity contribution in [3.63, 3.8) is 0 Å². The number of aryl methyl sites for hydroxylation is 1. The second-order valence-corrected chi connectivity index (χ2v) is 11.4. The van der Waals surface area contributed by atoms with Crippen molar-refractivity contribution in [2.24, 2.45) is 5.92 Å². The zero-order valence-electron chi connectivity index (χ0n) is 23.7. The summed E-state index contributed by atoms with van der Waals surface area (Å²) in [7, 11) is 0. The fraction of sp³-hybridized carbons (Fsp3) is 0.467. The van der Waals surface area contributed by atoms with E-state index in [0.29, 0.717) is 28.8 Å². The molecule has 0 radical (unpaired) electrons. The number of piperidine rings is 1. The fourth-order valence-electron chi connectivity index (χ4n) is 6.53. The third-order valence-corrected chi connectivity index (χ3v) is 8.47. The van der Waals surface area contributed by atoms with E-state index < -0.39 is 11.6 Å². The van der Waals surface area contributed by atoms with Crippen molar-refractivity contribution in [3.8, 4) is 11.3 Å². The van der Waals surface area contributed by atoms with Gasteiger partial charge in [0.2, 0.25) is 5.95 Å². The van der Waals surface area contributed by atoms with Crippen LogP contribution in [0.5, 0.6) is 0 Å². The minimum Gasteiger partial charge on any atom is -0.326 e. The van der Waals surface area contributed by atoms with Gasteiger partial charge in [-0.05, 0) is 70.3 Å². The Labute approximate surface area is 233 Å². The number of imidazole rings is 1. The lowest BCUT2D eigenvalue weighted by molar-refractivity contribution is 0.127. The Kier molecular flexibility index (Phi) is 7.00. The van der Waals surface area contributed by atoms with Crippen LogP contribution in [0.4, 0.5) is 20.5 Å². The predicted molar refractivity (Wildman–Crippen MR) is 152 cm³/mol. The predicted octanol–water partition coefficient (Wildman–Crippen LogP) is 5.89. The molecule has 1 aromatic carbocycles. The number of likely N-dealkylation sites (tertiary alicyclic amines) is 2. The highest BCUT2D eigenvalue weighted by Gasteiger charge is 2.39. The number of hydrogen-bond donors (Lipinski definition) is 1. The molecule has 0 amide bonds. The second kappa shape index (κ2) is 10.5. The maximum absolute atomic E-state index is 15.0. The third kappa shape index (κ3) is 4.83. The number of hydrogen-bond acceptors (Lipinski definition) is 7. The number of likely N-dealkylation sites (N-methyl/N-ethyl adjacent to an activating group) is 1. The Bertz CT molecular complexity index is 1530. The number of nitrogens with one attached hydrogen (secondary N) is 1. The van der Waals surface area contributed by atoms with Crippen molar-refractivity contribution in [2.45, 2.75) is 59.2 Å². The van der Waals surface area contributed by atoms with Gasteiger partial charge in [-0.15, -0.1) is 0 Å². The summed E-state index contributed by atoms with van der Waals surface area (Å²) in [5.41, 5.74) is 2.35. The van der Waals surface area contributed by atoms with Crippen LogP contribution in [0.15, 0.2) is 36.7 Å². The molecular formula is C30H36F2N8. The monoisotopic (exact) mass is 546 g/mol. The molecule has 0 aliphatic carbocycles. The van der Waals surface area contributed by atoms with Crippen molar-refractivity contribution >= 4 is 22.8 Å². The lowest BCUT2D eigenvalue weighted by Crippen LogP contribution is -2.43. The molecular weight excluding hydrogens is 510 g/mol. The topological polar surface area (TPSA) is 75.0 Å². The van der Waals surface area contributed by atoms with E-state index >= 15 is 4.39 Å². The number of anilines is 2. The van der Waals surface area contributed by atoms with Gasteiger partial charge in [0.05, 0.1) is 11.7 Å². The highest BCUT2D eigenvalue weighted by atomic mass is 19.1. The van der Waals surface area contributed by atoms with Gasteiger partial charge in [-0.2, -0.15) is 0 Å². The summed E-state index contributed by atoms with van der Waals surface area (Å²) in [6.07, 6.45) is 4.28. The second-order valence-electron chi connectivity index (χ2n) is 11.4. The molecule has 3 aromatic heterocycles. The van der Waals surface area contributed by atoms with Gasteiger partial charge >= 0.3 is 0 Å². The van der Waals surface area contributed by atoms with E-state index in [1.54, 1.807) is 6.07 Å². The molecule has 1 N–H and O–H groups in total. The molecule has 2 aliphatic rings. The lowest BCUT2D eigenvalue weighted by Gasteiger charge is -2.37. The number of fused-ring (bicyclic) bond motifs is 3.